The van der Waals surface area contributed by atoms with Gasteiger partial charge < -0.3 is 25.0 Å². The molecule has 1 aromatic heterocycles. The number of nitrogens with zero attached hydrogens (tertiary/aromatic N) is 3. The maximum atomic E-state index is 13.5. The van der Waals surface area contributed by atoms with E-state index in [9.17, 15) is 9.90 Å². The summed E-state index contributed by atoms with van der Waals surface area (Å²) in [4.78, 5) is 20.5. The van der Waals surface area contributed by atoms with Crippen molar-refractivity contribution in [3.05, 3.63) is 70.9 Å². The lowest BCUT2D eigenvalue weighted by atomic mass is 10.0. The molecule has 6 rings (SSSR count). The van der Waals surface area contributed by atoms with E-state index >= 15 is 0 Å². The summed E-state index contributed by atoms with van der Waals surface area (Å²) >= 11 is 0. The monoisotopic (exact) mass is 512 g/mol. The van der Waals surface area contributed by atoms with Gasteiger partial charge >= 0.3 is 0 Å². The zero-order valence-electron chi connectivity index (χ0n) is 22.1. The van der Waals surface area contributed by atoms with Crippen molar-refractivity contribution in [3.63, 3.8) is 0 Å². The first kappa shape index (κ1) is 24.9. The van der Waals surface area contributed by atoms with Crippen LogP contribution in [0.4, 0.5) is 5.69 Å². The molecule has 0 unspecified atom stereocenters. The molecule has 3 aromatic rings. The Morgan fingerprint density at radius 1 is 1.21 bits per heavy atom. The van der Waals surface area contributed by atoms with E-state index in [0.717, 1.165) is 64.1 Å². The number of nitrogens with two attached hydrogens (primary N) is 1. The third kappa shape index (κ3) is 4.76. The minimum atomic E-state index is -0.0274. The number of carbonyl (C=O) groups is 1. The Hall–Kier alpha value is -3.42. The number of aliphatic hydroxyl groups is 1. The minimum absolute atomic E-state index is 0.00951. The van der Waals surface area contributed by atoms with Crippen LogP contribution in [0.1, 0.15) is 59.3 Å². The number of hydrogen-bond acceptors (Lipinski definition) is 5. The fourth-order valence-electron chi connectivity index (χ4n) is 5.63. The van der Waals surface area contributed by atoms with E-state index < -0.39 is 0 Å². The quantitative estimate of drug-likeness (QED) is 0.510. The number of carbonyl (C=O) groups excluding carboxylic acids is 1. The van der Waals surface area contributed by atoms with Crippen molar-refractivity contribution in [3.8, 4) is 5.75 Å². The predicted octanol–water partition coefficient (Wildman–Crippen LogP) is 4.87. The molecule has 1 aliphatic carbocycles. The van der Waals surface area contributed by atoms with Gasteiger partial charge in [0.15, 0.2) is 0 Å². The zero-order chi connectivity index (χ0) is 26.4. The lowest BCUT2D eigenvalue weighted by molar-refractivity contribution is 0.0708. The Morgan fingerprint density at radius 3 is 2.82 bits per heavy atom. The first-order chi connectivity index (χ1) is 18.4. The number of piperidine rings is 1. The molecule has 1 atom stereocenters. The van der Waals surface area contributed by atoms with Crippen molar-refractivity contribution >= 4 is 28.2 Å². The van der Waals surface area contributed by atoms with Gasteiger partial charge in [-0.25, -0.2) is 4.99 Å². The van der Waals surface area contributed by atoms with E-state index in [1.807, 2.05) is 30.0 Å². The van der Waals surface area contributed by atoms with Gasteiger partial charge in [0.05, 0.1) is 30.3 Å². The molecule has 7 nitrogen and oxygen atoms in total. The first-order valence-electron chi connectivity index (χ1n) is 13.7. The number of aliphatic hydroxyl groups excluding tert-OH is 1. The average molecular weight is 513 g/mol. The summed E-state index contributed by atoms with van der Waals surface area (Å²) in [6.07, 6.45) is 4.95. The Balaban J connectivity index is 1.48. The minimum Gasteiger partial charge on any atom is -0.493 e. The van der Waals surface area contributed by atoms with Crippen LogP contribution in [0.2, 0.25) is 0 Å². The van der Waals surface area contributed by atoms with E-state index in [0.29, 0.717) is 43.3 Å². The van der Waals surface area contributed by atoms with E-state index in [2.05, 4.69) is 29.3 Å². The molecule has 3 heterocycles. The second-order valence-corrected chi connectivity index (χ2v) is 11.1. The van der Waals surface area contributed by atoms with Gasteiger partial charge in [-0.2, -0.15) is 0 Å². The lowest BCUT2D eigenvalue weighted by Gasteiger charge is -2.31. The number of aromatic nitrogens is 1. The molecule has 1 saturated heterocycles. The normalized spacial score (nSPS) is 21.3. The molecule has 2 fully saturated rings. The Labute approximate surface area is 223 Å². The predicted molar refractivity (Wildman–Crippen MR) is 150 cm³/mol. The number of benzene rings is 2. The van der Waals surface area contributed by atoms with Crippen LogP contribution in [0.3, 0.4) is 0 Å². The number of ether oxygens (including phenoxy) is 1. The molecule has 198 valence electrons. The third-order valence-corrected chi connectivity index (χ3v) is 8.08. The molecule has 2 bridgehead atoms. The highest BCUT2D eigenvalue weighted by atomic mass is 16.5. The van der Waals surface area contributed by atoms with Crippen LogP contribution in [0.25, 0.3) is 10.9 Å². The van der Waals surface area contributed by atoms with Gasteiger partial charge in [0.2, 0.25) is 0 Å². The van der Waals surface area contributed by atoms with Crippen LogP contribution in [-0.2, 0) is 13.2 Å². The molecule has 1 saturated carbocycles. The van der Waals surface area contributed by atoms with Crippen LogP contribution in [0.5, 0.6) is 5.75 Å². The summed E-state index contributed by atoms with van der Waals surface area (Å²) in [5.74, 6) is 1.32. The van der Waals surface area contributed by atoms with Gasteiger partial charge in [0, 0.05) is 54.1 Å². The smallest absolute Gasteiger partial charge is 0.254 e. The summed E-state index contributed by atoms with van der Waals surface area (Å²) in [5.41, 5.74) is 13.1. The van der Waals surface area contributed by atoms with Gasteiger partial charge in [0.1, 0.15) is 5.75 Å². The van der Waals surface area contributed by atoms with Crippen LogP contribution in [-0.4, -0.2) is 51.9 Å². The Morgan fingerprint density at radius 2 is 2.05 bits per heavy atom. The van der Waals surface area contributed by atoms with E-state index in [4.69, 9.17) is 15.5 Å². The van der Waals surface area contributed by atoms with Gasteiger partial charge in [-0.1, -0.05) is 18.7 Å². The fraction of sp³-hybridized carbons (Fsp3) is 0.419. The number of aliphatic imine (C=N–C) groups is 1. The van der Waals surface area contributed by atoms with Crippen molar-refractivity contribution in [2.45, 2.75) is 58.2 Å². The Bertz CT molecular complexity index is 1450. The second kappa shape index (κ2) is 10.0. The summed E-state index contributed by atoms with van der Waals surface area (Å²) < 4.78 is 8.52. The third-order valence-electron chi connectivity index (χ3n) is 8.08. The number of amides is 1. The number of hydrogen-bond donors (Lipinski definition) is 2. The van der Waals surface area contributed by atoms with Crippen LogP contribution in [0, 0.1) is 12.8 Å². The topological polar surface area (TPSA) is 93.1 Å². The molecule has 38 heavy (non-hydrogen) atoms. The number of rotatable bonds is 5. The molecule has 2 aliphatic heterocycles. The van der Waals surface area contributed by atoms with E-state index in [-0.39, 0.29) is 18.6 Å². The van der Waals surface area contributed by atoms with Crippen molar-refractivity contribution in [1.82, 2.24) is 9.47 Å². The van der Waals surface area contributed by atoms with Gasteiger partial charge in [-0.05, 0) is 73.9 Å². The molecule has 3 N–H and O–H groups in total. The highest BCUT2D eigenvalue weighted by molar-refractivity contribution is 6.15. The zero-order valence-corrected chi connectivity index (χ0v) is 22.1. The molecule has 7 heteroatoms. The molecule has 2 aromatic carbocycles. The molecule has 0 spiro atoms. The van der Waals surface area contributed by atoms with Crippen molar-refractivity contribution in [2.75, 3.05) is 19.7 Å². The molecular weight excluding hydrogens is 476 g/mol. The maximum Gasteiger partial charge on any atom is 0.254 e. The summed E-state index contributed by atoms with van der Waals surface area (Å²) in [6.45, 7) is 9.08. The Kier molecular flexibility index (Phi) is 6.58. The van der Waals surface area contributed by atoms with Crippen LogP contribution in [0.15, 0.2) is 53.5 Å². The van der Waals surface area contributed by atoms with Gasteiger partial charge in [-0.3, -0.25) is 4.79 Å². The van der Waals surface area contributed by atoms with Crippen LogP contribution < -0.4 is 10.5 Å². The largest absolute Gasteiger partial charge is 0.493 e. The highest BCUT2D eigenvalue weighted by Gasteiger charge is 2.27. The molecular formula is C31H36N4O3. The number of fused-ring (bicyclic) bond motifs is 3. The van der Waals surface area contributed by atoms with Gasteiger partial charge in [-0.15, -0.1) is 0 Å². The van der Waals surface area contributed by atoms with Crippen molar-refractivity contribution < 1.29 is 14.6 Å². The first-order valence-corrected chi connectivity index (χ1v) is 13.7. The van der Waals surface area contributed by atoms with Crippen LogP contribution >= 0.6 is 0 Å². The van der Waals surface area contributed by atoms with Crippen molar-refractivity contribution in [2.24, 2.45) is 16.6 Å². The summed E-state index contributed by atoms with van der Waals surface area (Å²) in [7, 11) is 0. The SMILES string of the molecule is C=C1CCOc2cc(C(=O)N3CCC[C@@H](N)C3)cc(c2C)/N=C\1c1cc2ccc(CO)cc2n1CC1CC1. The maximum absolute atomic E-state index is 13.5. The molecule has 1 amide bonds. The fourth-order valence-corrected chi connectivity index (χ4v) is 5.63. The van der Waals surface area contributed by atoms with Gasteiger partial charge in [0.25, 0.3) is 5.91 Å². The standard InChI is InChI=1S/C31H36N4O3/c1-19-9-11-38-29-15-24(31(37)34-10-3-4-25(32)17-34)13-26(20(29)2)33-30(19)28-14-23-8-7-22(18-36)12-27(23)35(28)16-21-5-6-21/h7-8,12-15,21,25,36H,1,3-6,9-11,16-18,32H2,2H3/b33-30+/t25-/m1/s1. The lowest BCUT2D eigenvalue weighted by Crippen LogP contribution is -2.45. The highest BCUT2D eigenvalue weighted by Crippen LogP contribution is 2.37. The van der Waals surface area contributed by atoms with E-state index in [1.54, 1.807) is 0 Å². The summed E-state index contributed by atoms with van der Waals surface area (Å²) in [5, 5.41) is 10.9. The second-order valence-electron chi connectivity index (χ2n) is 11.1. The molecule has 0 radical (unpaired) electrons. The average Bonchev–Trinajstić information content (AvgIpc) is 3.67. The molecule has 3 aliphatic rings. The number of likely N-dealkylation sites (tertiary alicyclic amines) is 1. The summed E-state index contributed by atoms with van der Waals surface area (Å²) in [6, 6.07) is 12.1. The van der Waals surface area contributed by atoms with E-state index in [1.165, 1.54) is 12.8 Å². The van der Waals surface area contributed by atoms with Crippen molar-refractivity contribution in [1.29, 1.82) is 0 Å².